The summed E-state index contributed by atoms with van der Waals surface area (Å²) in [5.41, 5.74) is -2.31. The molecule has 1 heterocycles. The first kappa shape index (κ1) is 24.0. The van der Waals surface area contributed by atoms with Gasteiger partial charge in [0, 0.05) is 0 Å². The third kappa shape index (κ3) is 4.91. The largest absolute Gasteiger partial charge is 0.497 e. The van der Waals surface area contributed by atoms with Crippen LogP contribution < -0.4 is 4.74 Å². The molecule has 1 fully saturated rings. The molecule has 8 heteroatoms. The van der Waals surface area contributed by atoms with Crippen molar-refractivity contribution in [3.05, 3.63) is 29.8 Å². The number of hydrogen-bond acceptors (Lipinski definition) is 8. The molecule has 0 amide bonds. The van der Waals surface area contributed by atoms with E-state index in [-0.39, 0.29) is 13.0 Å². The number of ether oxygens (including phenoxy) is 4. The van der Waals surface area contributed by atoms with Crippen LogP contribution >= 0.6 is 0 Å². The Morgan fingerprint density at radius 3 is 2.21 bits per heavy atom. The van der Waals surface area contributed by atoms with E-state index in [1.807, 2.05) is 12.1 Å². The van der Waals surface area contributed by atoms with Gasteiger partial charge in [0.05, 0.1) is 51.2 Å². The van der Waals surface area contributed by atoms with E-state index in [0.29, 0.717) is 19.0 Å². The van der Waals surface area contributed by atoms with Crippen LogP contribution in [-0.2, 0) is 20.8 Å². The lowest BCUT2D eigenvalue weighted by atomic mass is 9.65. The second kappa shape index (κ2) is 10.2. The lowest BCUT2D eigenvalue weighted by Crippen LogP contribution is -2.66. The van der Waals surface area contributed by atoms with Crippen LogP contribution in [0, 0.1) is 5.41 Å². The number of aliphatic hydroxyl groups excluding tert-OH is 3. The fraction of sp³-hybridized carbons (Fsp3) is 0.714. The summed E-state index contributed by atoms with van der Waals surface area (Å²) in [6, 6.07) is 7.21. The molecule has 1 saturated heterocycles. The first-order valence-electron chi connectivity index (χ1n) is 9.89. The molecule has 1 aromatic rings. The predicted molar refractivity (Wildman–Crippen MR) is 105 cm³/mol. The molecule has 166 valence electrons. The van der Waals surface area contributed by atoms with Gasteiger partial charge in [-0.15, -0.1) is 0 Å². The molecular formula is C21H34O8. The number of rotatable bonds is 11. The van der Waals surface area contributed by atoms with E-state index in [2.05, 4.69) is 0 Å². The Kier molecular flexibility index (Phi) is 8.42. The van der Waals surface area contributed by atoms with E-state index >= 15 is 0 Å². The van der Waals surface area contributed by atoms with Crippen molar-refractivity contribution in [1.29, 1.82) is 0 Å². The topological polar surface area (TPSA) is 118 Å². The average Bonchev–Trinajstić information content (AvgIpc) is 3.28. The van der Waals surface area contributed by atoms with Crippen LogP contribution in [0.4, 0.5) is 0 Å². The molecule has 0 aromatic heterocycles. The van der Waals surface area contributed by atoms with Gasteiger partial charge in [-0.2, -0.15) is 0 Å². The maximum Gasteiger partial charge on any atom is 0.168 e. The van der Waals surface area contributed by atoms with Crippen molar-refractivity contribution in [2.24, 2.45) is 5.41 Å². The Morgan fingerprint density at radius 1 is 1.14 bits per heavy atom. The van der Waals surface area contributed by atoms with Crippen LogP contribution in [0.1, 0.15) is 32.8 Å². The monoisotopic (exact) mass is 414 g/mol. The summed E-state index contributed by atoms with van der Waals surface area (Å²) in [5.74, 6) is 0.701. The van der Waals surface area contributed by atoms with Crippen molar-refractivity contribution >= 4 is 0 Å². The normalized spacial score (nSPS) is 22.5. The third-order valence-electron chi connectivity index (χ3n) is 5.95. The summed E-state index contributed by atoms with van der Waals surface area (Å²) in [7, 11) is 1.58. The second-order valence-electron chi connectivity index (χ2n) is 7.76. The van der Waals surface area contributed by atoms with Gasteiger partial charge in [-0.25, -0.2) is 0 Å². The van der Waals surface area contributed by atoms with Crippen molar-refractivity contribution in [3.8, 4) is 5.75 Å². The first-order valence-corrected chi connectivity index (χ1v) is 9.89. The first-order chi connectivity index (χ1) is 13.7. The van der Waals surface area contributed by atoms with Gasteiger partial charge in [-0.3, -0.25) is 0 Å². The van der Waals surface area contributed by atoms with Gasteiger partial charge in [0.2, 0.25) is 0 Å². The SMILES string of the molecule is CC[C@@H](O)[C@](C)(O)[C@](C)(C1OCCO1)[C@@H](OCc1ccc(OC)cc1)[C@H](O)CO. The molecule has 0 radical (unpaired) electrons. The van der Waals surface area contributed by atoms with Crippen LogP contribution in [-0.4, -0.2) is 77.6 Å². The molecule has 1 aliphatic rings. The van der Waals surface area contributed by atoms with E-state index in [4.69, 9.17) is 18.9 Å². The van der Waals surface area contributed by atoms with Crippen LogP contribution in [0.15, 0.2) is 24.3 Å². The Balaban J connectivity index is 2.36. The Hall–Kier alpha value is -1.26. The van der Waals surface area contributed by atoms with E-state index in [1.165, 1.54) is 6.92 Å². The van der Waals surface area contributed by atoms with E-state index < -0.39 is 42.2 Å². The lowest BCUT2D eigenvalue weighted by Gasteiger charge is -2.52. The van der Waals surface area contributed by atoms with Crippen molar-refractivity contribution < 1.29 is 39.4 Å². The number of hydrogen-bond donors (Lipinski definition) is 4. The van der Waals surface area contributed by atoms with Gasteiger partial charge in [-0.05, 0) is 38.0 Å². The van der Waals surface area contributed by atoms with Gasteiger partial charge in [-0.1, -0.05) is 19.1 Å². The van der Waals surface area contributed by atoms with E-state index in [1.54, 1.807) is 33.1 Å². The number of benzene rings is 1. The molecule has 5 atom stereocenters. The van der Waals surface area contributed by atoms with E-state index in [9.17, 15) is 20.4 Å². The van der Waals surface area contributed by atoms with Crippen LogP contribution in [0.25, 0.3) is 0 Å². The predicted octanol–water partition coefficient (Wildman–Crippen LogP) is 0.835. The molecule has 1 aliphatic heterocycles. The summed E-state index contributed by atoms with van der Waals surface area (Å²) in [6.45, 7) is 5.00. The minimum absolute atomic E-state index is 0.104. The average molecular weight is 414 g/mol. The lowest BCUT2D eigenvalue weighted by molar-refractivity contribution is -0.289. The van der Waals surface area contributed by atoms with Gasteiger partial charge >= 0.3 is 0 Å². The summed E-state index contributed by atoms with van der Waals surface area (Å²) >= 11 is 0. The molecule has 0 unspecified atom stereocenters. The molecule has 0 saturated carbocycles. The van der Waals surface area contributed by atoms with Gasteiger partial charge < -0.3 is 39.4 Å². The minimum atomic E-state index is -1.74. The number of aliphatic hydroxyl groups is 4. The quantitative estimate of drug-likeness (QED) is 0.421. The Labute approximate surface area is 172 Å². The fourth-order valence-electron chi connectivity index (χ4n) is 3.81. The highest BCUT2D eigenvalue weighted by Gasteiger charge is 2.61. The smallest absolute Gasteiger partial charge is 0.168 e. The maximum atomic E-state index is 11.3. The highest BCUT2D eigenvalue weighted by molar-refractivity contribution is 5.26. The van der Waals surface area contributed by atoms with Crippen LogP contribution in [0.3, 0.4) is 0 Å². The van der Waals surface area contributed by atoms with Crippen molar-refractivity contribution in [2.45, 2.75) is 64.0 Å². The summed E-state index contributed by atoms with van der Waals surface area (Å²) in [4.78, 5) is 0. The fourth-order valence-corrected chi connectivity index (χ4v) is 3.81. The molecule has 2 rings (SSSR count). The molecule has 0 aliphatic carbocycles. The zero-order chi connectivity index (χ0) is 21.7. The number of methoxy groups -OCH3 is 1. The highest BCUT2D eigenvalue weighted by atomic mass is 16.7. The maximum absolute atomic E-state index is 11.3. The molecule has 1 aromatic carbocycles. The highest BCUT2D eigenvalue weighted by Crippen LogP contribution is 2.46. The standard InChI is InChI=1S/C21H34O8/c1-5-17(24)21(3,25)20(2,19-27-10-11-28-19)18(16(23)12-22)29-13-14-6-8-15(26-4)9-7-14/h6-9,16-19,22-25H,5,10-13H2,1-4H3/t16-,17-,18+,20+,21+/m1/s1. The molecule has 0 bridgehead atoms. The summed E-state index contributed by atoms with van der Waals surface area (Å²) < 4.78 is 22.5. The van der Waals surface area contributed by atoms with Crippen molar-refractivity contribution in [2.75, 3.05) is 26.9 Å². The van der Waals surface area contributed by atoms with Crippen LogP contribution in [0.2, 0.25) is 0 Å². The second-order valence-corrected chi connectivity index (χ2v) is 7.76. The van der Waals surface area contributed by atoms with Crippen molar-refractivity contribution in [1.82, 2.24) is 0 Å². The van der Waals surface area contributed by atoms with E-state index in [0.717, 1.165) is 5.56 Å². The van der Waals surface area contributed by atoms with Gasteiger partial charge in [0.15, 0.2) is 6.29 Å². The molecule has 4 N–H and O–H groups in total. The molecule has 0 spiro atoms. The Bertz CT molecular complexity index is 614. The molecular weight excluding hydrogens is 380 g/mol. The summed E-state index contributed by atoms with van der Waals surface area (Å²) in [6.07, 6.45) is -4.20. The van der Waals surface area contributed by atoms with Crippen molar-refractivity contribution in [3.63, 3.8) is 0 Å². The zero-order valence-corrected chi connectivity index (χ0v) is 17.6. The van der Waals surface area contributed by atoms with Gasteiger partial charge in [0.25, 0.3) is 0 Å². The Morgan fingerprint density at radius 2 is 1.72 bits per heavy atom. The molecule has 8 nitrogen and oxygen atoms in total. The van der Waals surface area contributed by atoms with Crippen LogP contribution in [0.5, 0.6) is 5.75 Å². The summed E-state index contributed by atoms with van der Waals surface area (Å²) in [5, 5.41) is 42.2. The van der Waals surface area contributed by atoms with Gasteiger partial charge in [0.1, 0.15) is 17.5 Å². The molecule has 29 heavy (non-hydrogen) atoms. The minimum Gasteiger partial charge on any atom is -0.497 e. The third-order valence-corrected chi connectivity index (χ3v) is 5.95. The zero-order valence-electron chi connectivity index (χ0n) is 17.6.